The maximum atomic E-state index is 10.9. The molecule has 0 saturated carbocycles. The Labute approximate surface area is 105 Å². The van der Waals surface area contributed by atoms with Crippen LogP contribution in [0, 0.1) is 6.92 Å². The van der Waals surface area contributed by atoms with E-state index in [1.54, 1.807) is 31.5 Å². The molecule has 1 N–H and O–H groups in total. The molecular formula is C14H13N2O2-. The van der Waals surface area contributed by atoms with E-state index in [9.17, 15) is 9.90 Å². The molecule has 0 amide bonds. The number of nitrogens with zero attached hydrogens (tertiary/aromatic N) is 1. The number of hydrogen-bond donors (Lipinski definition) is 1. The van der Waals surface area contributed by atoms with Crippen LogP contribution in [0.2, 0.25) is 0 Å². The number of hydrogen-bond acceptors (Lipinski definition) is 4. The lowest BCUT2D eigenvalue weighted by atomic mass is 10.1. The molecule has 0 aliphatic carbocycles. The summed E-state index contributed by atoms with van der Waals surface area (Å²) in [5, 5.41) is 14.1. The molecule has 1 aromatic heterocycles. The van der Waals surface area contributed by atoms with Crippen molar-refractivity contribution in [2.24, 2.45) is 0 Å². The highest BCUT2D eigenvalue weighted by Crippen LogP contribution is 2.19. The molecule has 0 aliphatic rings. The normalized spacial score (nSPS) is 10.1. The summed E-state index contributed by atoms with van der Waals surface area (Å²) in [5.74, 6) is -1.16. The lowest BCUT2D eigenvalue weighted by Crippen LogP contribution is -2.23. The van der Waals surface area contributed by atoms with Gasteiger partial charge in [0, 0.05) is 30.2 Å². The molecule has 0 fully saturated rings. The van der Waals surface area contributed by atoms with Crippen molar-refractivity contribution < 1.29 is 9.90 Å². The first-order valence-electron chi connectivity index (χ1n) is 5.62. The van der Waals surface area contributed by atoms with Crippen molar-refractivity contribution in [1.29, 1.82) is 0 Å². The maximum absolute atomic E-state index is 10.9. The van der Waals surface area contributed by atoms with Crippen molar-refractivity contribution >= 4 is 11.7 Å². The summed E-state index contributed by atoms with van der Waals surface area (Å²) in [4.78, 5) is 14.9. The van der Waals surface area contributed by atoms with Crippen LogP contribution < -0.4 is 10.4 Å². The van der Waals surface area contributed by atoms with E-state index in [2.05, 4.69) is 10.3 Å². The Kier molecular flexibility index (Phi) is 3.57. The van der Waals surface area contributed by atoms with Crippen LogP contribution in [0.15, 0.2) is 42.7 Å². The number of carbonyl (C=O) groups excluding carboxylic acids is 1. The van der Waals surface area contributed by atoms with Gasteiger partial charge in [0.1, 0.15) is 0 Å². The Bertz CT molecular complexity index is 553. The molecule has 2 rings (SSSR count). The Morgan fingerprint density at radius 2 is 2.17 bits per heavy atom. The first-order chi connectivity index (χ1) is 8.68. The second-order valence-corrected chi connectivity index (χ2v) is 3.98. The molecular weight excluding hydrogens is 228 g/mol. The van der Waals surface area contributed by atoms with Crippen LogP contribution in [0.5, 0.6) is 0 Å². The molecule has 0 saturated heterocycles. The van der Waals surface area contributed by atoms with Gasteiger partial charge in [0.05, 0.1) is 5.97 Å². The number of rotatable bonds is 4. The smallest absolute Gasteiger partial charge is 0.0718 e. The van der Waals surface area contributed by atoms with E-state index >= 15 is 0 Å². The topological polar surface area (TPSA) is 65.0 Å². The quantitative estimate of drug-likeness (QED) is 0.878. The fraction of sp³-hybridized carbons (Fsp3) is 0.143. The van der Waals surface area contributed by atoms with Crippen molar-refractivity contribution in [1.82, 2.24) is 4.98 Å². The first-order valence-corrected chi connectivity index (χ1v) is 5.62. The van der Waals surface area contributed by atoms with E-state index in [1.807, 2.05) is 18.2 Å². The lowest BCUT2D eigenvalue weighted by molar-refractivity contribution is -0.255. The molecule has 4 heteroatoms. The van der Waals surface area contributed by atoms with Gasteiger partial charge in [-0.15, -0.1) is 0 Å². The Balaban J connectivity index is 2.15. The molecule has 0 unspecified atom stereocenters. The van der Waals surface area contributed by atoms with Crippen LogP contribution in [0.25, 0.3) is 0 Å². The van der Waals surface area contributed by atoms with Crippen molar-refractivity contribution in [3.8, 4) is 0 Å². The molecule has 0 atom stereocenters. The zero-order valence-corrected chi connectivity index (χ0v) is 10.0. The minimum atomic E-state index is -1.16. The molecule has 0 radical (unpaired) electrons. The van der Waals surface area contributed by atoms with Crippen LogP contribution >= 0.6 is 0 Å². The van der Waals surface area contributed by atoms with E-state index in [0.717, 1.165) is 11.3 Å². The second-order valence-electron chi connectivity index (χ2n) is 3.98. The first kappa shape index (κ1) is 12.1. The number of carboxylic acids is 1. The summed E-state index contributed by atoms with van der Waals surface area (Å²) in [6, 6.07) is 8.90. The summed E-state index contributed by atoms with van der Waals surface area (Å²) in [6.45, 7) is 2.36. The highest BCUT2D eigenvalue weighted by Gasteiger charge is 2.04. The predicted octanol–water partition coefficient (Wildman–Crippen LogP) is 1.37. The van der Waals surface area contributed by atoms with Gasteiger partial charge in [0.25, 0.3) is 0 Å². The van der Waals surface area contributed by atoms with Gasteiger partial charge >= 0.3 is 0 Å². The average Bonchev–Trinajstić information content (AvgIpc) is 2.38. The van der Waals surface area contributed by atoms with Crippen LogP contribution in [0.3, 0.4) is 0 Å². The molecule has 0 spiro atoms. The molecule has 1 aromatic carbocycles. The minimum absolute atomic E-state index is 0.214. The monoisotopic (exact) mass is 241 g/mol. The van der Waals surface area contributed by atoms with Gasteiger partial charge in [0.15, 0.2) is 0 Å². The number of pyridine rings is 1. The average molecular weight is 241 g/mol. The Hall–Kier alpha value is -2.36. The standard InChI is InChI=1S/C14H14N2O2/c1-10-12(14(17)18)5-2-6-13(10)16-9-11-4-3-7-15-8-11/h2-8,16H,9H2,1H3,(H,17,18)/p-1. The number of benzene rings is 1. The summed E-state index contributed by atoms with van der Waals surface area (Å²) in [7, 11) is 0. The third kappa shape index (κ3) is 2.66. The van der Waals surface area contributed by atoms with Gasteiger partial charge < -0.3 is 15.2 Å². The highest BCUT2D eigenvalue weighted by molar-refractivity contribution is 5.89. The number of aromatic nitrogens is 1. The SMILES string of the molecule is Cc1c(NCc2cccnc2)cccc1C(=O)[O-]. The number of carbonyl (C=O) groups is 1. The van der Waals surface area contributed by atoms with Gasteiger partial charge in [-0.2, -0.15) is 0 Å². The second kappa shape index (κ2) is 5.31. The Morgan fingerprint density at radius 3 is 2.83 bits per heavy atom. The number of carboxylic acid groups (broad SMARTS) is 1. The number of aromatic carboxylic acids is 1. The molecule has 0 aliphatic heterocycles. The van der Waals surface area contributed by atoms with Gasteiger partial charge in [-0.25, -0.2) is 0 Å². The third-order valence-corrected chi connectivity index (χ3v) is 2.76. The van der Waals surface area contributed by atoms with Crippen LogP contribution in [0.4, 0.5) is 5.69 Å². The van der Waals surface area contributed by atoms with E-state index in [1.165, 1.54) is 0 Å². The largest absolute Gasteiger partial charge is 0.545 e. The highest BCUT2D eigenvalue weighted by atomic mass is 16.4. The van der Waals surface area contributed by atoms with E-state index in [0.29, 0.717) is 12.1 Å². The van der Waals surface area contributed by atoms with Gasteiger partial charge in [-0.05, 0) is 30.2 Å². The molecule has 1 heterocycles. The lowest BCUT2D eigenvalue weighted by Gasteiger charge is -2.13. The van der Waals surface area contributed by atoms with E-state index in [4.69, 9.17) is 0 Å². The zero-order valence-electron chi connectivity index (χ0n) is 10.0. The molecule has 0 bridgehead atoms. The molecule has 4 nitrogen and oxygen atoms in total. The fourth-order valence-electron chi connectivity index (χ4n) is 1.75. The minimum Gasteiger partial charge on any atom is -0.545 e. The van der Waals surface area contributed by atoms with Crippen LogP contribution in [-0.4, -0.2) is 11.0 Å². The molecule has 2 aromatic rings. The van der Waals surface area contributed by atoms with Crippen molar-refractivity contribution in [2.45, 2.75) is 13.5 Å². The third-order valence-electron chi connectivity index (χ3n) is 2.76. The van der Waals surface area contributed by atoms with Gasteiger partial charge in [-0.3, -0.25) is 4.98 Å². The van der Waals surface area contributed by atoms with Crippen LogP contribution in [0.1, 0.15) is 21.5 Å². The van der Waals surface area contributed by atoms with Gasteiger partial charge in [0.2, 0.25) is 0 Å². The number of anilines is 1. The summed E-state index contributed by atoms with van der Waals surface area (Å²) >= 11 is 0. The summed E-state index contributed by atoms with van der Waals surface area (Å²) < 4.78 is 0. The fourth-order valence-corrected chi connectivity index (χ4v) is 1.75. The van der Waals surface area contributed by atoms with Crippen molar-refractivity contribution in [2.75, 3.05) is 5.32 Å². The van der Waals surface area contributed by atoms with E-state index in [-0.39, 0.29) is 5.56 Å². The van der Waals surface area contributed by atoms with E-state index < -0.39 is 5.97 Å². The van der Waals surface area contributed by atoms with Crippen LogP contribution in [-0.2, 0) is 6.54 Å². The maximum Gasteiger partial charge on any atom is 0.0718 e. The predicted molar refractivity (Wildman–Crippen MR) is 67.1 cm³/mol. The van der Waals surface area contributed by atoms with Crippen molar-refractivity contribution in [3.63, 3.8) is 0 Å². The van der Waals surface area contributed by atoms with Crippen molar-refractivity contribution in [3.05, 3.63) is 59.4 Å². The number of nitrogens with one attached hydrogen (secondary N) is 1. The zero-order chi connectivity index (χ0) is 13.0. The molecule has 18 heavy (non-hydrogen) atoms. The summed E-state index contributed by atoms with van der Waals surface area (Å²) in [6.07, 6.45) is 3.48. The molecule has 92 valence electrons. The van der Waals surface area contributed by atoms with Gasteiger partial charge in [-0.1, -0.05) is 18.2 Å². The summed E-state index contributed by atoms with van der Waals surface area (Å²) in [5.41, 5.74) is 2.73. The Morgan fingerprint density at radius 1 is 1.33 bits per heavy atom.